The minimum atomic E-state index is -4.40. The third kappa shape index (κ3) is 8.78. The lowest BCUT2D eigenvalue weighted by Gasteiger charge is -2.23. The number of halogens is 2. The molecule has 1 aromatic carbocycles. The van der Waals surface area contributed by atoms with Crippen LogP contribution in [0.4, 0.5) is 5.69 Å². The highest BCUT2D eigenvalue weighted by molar-refractivity contribution is 8.03. The second kappa shape index (κ2) is 13.0. The molecular formula is C25H29Cl2N2O8S4+. The molecule has 0 amide bonds. The minimum absolute atomic E-state index is 0.0743. The zero-order valence-corrected chi connectivity index (χ0v) is 26.5. The lowest BCUT2D eigenvalue weighted by atomic mass is 10.1. The maximum atomic E-state index is 11.4. The van der Waals surface area contributed by atoms with Crippen molar-refractivity contribution in [2.75, 3.05) is 23.0 Å². The number of hydrogen-bond acceptors (Lipinski definition) is 9. The maximum absolute atomic E-state index is 11.4. The van der Waals surface area contributed by atoms with Crippen LogP contribution in [0.5, 0.6) is 0 Å². The van der Waals surface area contributed by atoms with Crippen molar-refractivity contribution in [1.29, 1.82) is 0 Å². The number of allylic oxidation sites excluding steroid dienone is 3. The van der Waals surface area contributed by atoms with Gasteiger partial charge in [0.25, 0.3) is 25.2 Å². The van der Waals surface area contributed by atoms with Crippen LogP contribution >= 0.6 is 46.3 Å². The highest BCUT2D eigenvalue weighted by Gasteiger charge is 2.32. The number of thiazole rings is 1. The van der Waals surface area contributed by atoms with Crippen molar-refractivity contribution in [1.82, 2.24) is 0 Å². The summed E-state index contributed by atoms with van der Waals surface area (Å²) in [7, 11) is -8.79. The number of nitrogens with zero attached hydrogens (tertiary/aromatic N) is 2. The Morgan fingerprint density at radius 3 is 2.51 bits per heavy atom. The Morgan fingerprint density at radius 2 is 1.85 bits per heavy atom. The first-order valence-corrected chi connectivity index (χ1v) is 18.1. The summed E-state index contributed by atoms with van der Waals surface area (Å²) in [5.74, 6) is -1.63. The summed E-state index contributed by atoms with van der Waals surface area (Å²) < 4.78 is 65.7. The molecule has 16 heteroatoms. The first-order chi connectivity index (χ1) is 19.1. The summed E-state index contributed by atoms with van der Waals surface area (Å²) in [6, 6.07) is 5.27. The molecule has 10 nitrogen and oxygen atoms in total. The molecule has 0 fully saturated rings. The highest BCUT2D eigenvalue weighted by Crippen LogP contribution is 2.47. The highest BCUT2D eigenvalue weighted by atomic mass is 35.5. The third-order valence-electron chi connectivity index (χ3n) is 6.25. The molecule has 0 saturated heterocycles. The van der Waals surface area contributed by atoms with E-state index in [2.05, 4.69) is 0 Å². The molecule has 4 N–H and O–H groups in total. The van der Waals surface area contributed by atoms with Gasteiger partial charge in [-0.15, -0.1) is 11.6 Å². The number of rotatable bonds is 11. The monoisotopic (exact) mass is 683 g/mol. The van der Waals surface area contributed by atoms with E-state index in [-0.39, 0.29) is 18.5 Å². The van der Waals surface area contributed by atoms with Crippen LogP contribution in [0.25, 0.3) is 12.2 Å². The number of hydrogen-bond donors (Lipinski definition) is 4. The second-order valence-corrected chi connectivity index (χ2v) is 15.7. The van der Waals surface area contributed by atoms with Crippen LogP contribution in [-0.2, 0) is 33.2 Å². The zero-order chi connectivity index (χ0) is 30.1. The summed E-state index contributed by atoms with van der Waals surface area (Å²) in [5, 5.41) is 22.5. The Labute approximate surface area is 257 Å². The lowest BCUT2D eigenvalue weighted by Crippen LogP contribution is -2.46. The summed E-state index contributed by atoms with van der Waals surface area (Å²) >= 11 is 15.4. The largest absolute Gasteiger partial charge is 0.390 e. The van der Waals surface area contributed by atoms with Crippen molar-refractivity contribution in [3.05, 3.63) is 61.6 Å². The van der Waals surface area contributed by atoms with Crippen molar-refractivity contribution >= 4 is 84.4 Å². The Balaban J connectivity index is 1.73. The summed E-state index contributed by atoms with van der Waals surface area (Å²) in [6.45, 7) is 1.76. The molecule has 0 spiro atoms. The molecule has 1 aliphatic heterocycles. The molecule has 41 heavy (non-hydrogen) atoms. The molecule has 3 unspecified atom stereocenters. The number of fused-ring (bicyclic) bond motifs is 2. The SMILES string of the molecule is CCC(/C=C1\Sc2ccc(Cl)cc2N1CC(O)CS(=O)(=O)O)=C\c1sc2c([n+]1CC(O)CS(=O)(=O)O)CC(Cl)C=C2. The van der Waals surface area contributed by atoms with E-state index in [1.807, 2.05) is 41.9 Å². The van der Waals surface area contributed by atoms with Gasteiger partial charge in [-0.2, -0.15) is 21.4 Å². The van der Waals surface area contributed by atoms with Crippen LogP contribution < -0.4 is 9.47 Å². The van der Waals surface area contributed by atoms with Gasteiger partial charge in [-0.05, 0) is 42.3 Å². The van der Waals surface area contributed by atoms with Crippen molar-refractivity contribution in [2.24, 2.45) is 0 Å². The third-order valence-corrected chi connectivity index (χ3v) is 10.6. The average Bonchev–Trinajstić information content (AvgIpc) is 3.33. The maximum Gasteiger partial charge on any atom is 0.267 e. The van der Waals surface area contributed by atoms with E-state index in [0.29, 0.717) is 28.6 Å². The van der Waals surface area contributed by atoms with Crippen molar-refractivity contribution in [3.63, 3.8) is 0 Å². The summed E-state index contributed by atoms with van der Waals surface area (Å²) in [4.78, 5) is 3.51. The normalized spacial score (nSPS) is 19.9. The van der Waals surface area contributed by atoms with E-state index in [0.717, 1.165) is 26.0 Å². The van der Waals surface area contributed by atoms with Crippen LogP contribution in [-0.4, -0.2) is 71.8 Å². The second-order valence-electron chi connectivity index (χ2n) is 9.63. The molecule has 0 saturated carbocycles. The van der Waals surface area contributed by atoms with Gasteiger partial charge in [0.05, 0.1) is 35.2 Å². The van der Waals surface area contributed by atoms with Gasteiger partial charge in [0.1, 0.15) is 22.5 Å². The van der Waals surface area contributed by atoms with Crippen LogP contribution in [0.1, 0.15) is 28.9 Å². The van der Waals surface area contributed by atoms with Crippen molar-refractivity contribution in [3.8, 4) is 0 Å². The van der Waals surface area contributed by atoms with E-state index in [4.69, 9.17) is 23.2 Å². The van der Waals surface area contributed by atoms with Crippen LogP contribution in [0.2, 0.25) is 5.02 Å². The van der Waals surface area contributed by atoms with Crippen LogP contribution in [0.3, 0.4) is 0 Å². The first-order valence-electron chi connectivity index (χ1n) is 12.4. The van der Waals surface area contributed by atoms with Gasteiger partial charge >= 0.3 is 0 Å². The average molecular weight is 685 g/mol. The minimum Gasteiger partial charge on any atom is -0.390 e. The predicted molar refractivity (Wildman–Crippen MR) is 163 cm³/mol. The van der Waals surface area contributed by atoms with Crippen molar-refractivity contribution in [2.45, 2.75) is 48.8 Å². The molecule has 2 aromatic rings. The van der Waals surface area contributed by atoms with Gasteiger partial charge < -0.3 is 15.1 Å². The fourth-order valence-electron chi connectivity index (χ4n) is 4.53. The van der Waals surface area contributed by atoms with Gasteiger partial charge in [-0.3, -0.25) is 9.11 Å². The molecule has 224 valence electrons. The molecule has 1 aromatic heterocycles. The Kier molecular flexibility index (Phi) is 10.3. The van der Waals surface area contributed by atoms with Gasteiger partial charge in [-0.25, -0.2) is 0 Å². The smallest absolute Gasteiger partial charge is 0.267 e. The number of aromatic nitrogens is 1. The lowest BCUT2D eigenvalue weighted by molar-refractivity contribution is -0.706. The van der Waals surface area contributed by atoms with E-state index in [9.17, 15) is 36.2 Å². The number of aliphatic hydroxyl groups excluding tert-OH is 2. The predicted octanol–water partition coefficient (Wildman–Crippen LogP) is 3.61. The number of benzene rings is 1. The van der Waals surface area contributed by atoms with Gasteiger partial charge in [0.15, 0.2) is 6.54 Å². The first kappa shape index (κ1) is 32.5. The van der Waals surface area contributed by atoms with Crippen LogP contribution in [0.15, 0.2) is 45.8 Å². The molecule has 3 atom stereocenters. The molecule has 0 radical (unpaired) electrons. The molecular weight excluding hydrogens is 655 g/mol. The molecule has 1 aliphatic carbocycles. The van der Waals surface area contributed by atoms with Gasteiger partial charge in [0, 0.05) is 16.0 Å². The summed E-state index contributed by atoms with van der Waals surface area (Å²) in [5.41, 5.74) is 2.38. The Morgan fingerprint density at radius 1 is 1.17 bits per heavy atom. The molecule has 4 rings (SSSR count). The quantitative estimate of drug-likeness (QED) is 0.157. The van der Waals surface area contributed by atoms with E-state index < -0.39 is 43.9 Å². The fourth-order valence-corrected chi connectivity index (χ4v) is 8.42. The molecule has 0 bridgehead atoms. The number of β-amino-alcohol motifs (C(OH)–C–C–N with tert-alkyl or cyclic N) is 1. The molecule has 2 aliphatic rings. The number of aliphatic hydroxyl groups is 2. The van der Waals surface area contributed by atoms with Crippen molar-refractivity contribution < 1.29 is 40.7 Å². The van der Waals surface area contributed by atoms with Gasteiger partial charge in [-0.1, -0.05) is 47.7 Å². The molecule has 2 heterocycles. The summed E-state index contributed by atoms with van der Waals surface area (Å²) in [6.07, 6.45) is 5.89. The Bertz CT molecular complexity index is 1620. The number of anilines is 1. The number of thioether (sulfide) groups is 1. The fraction of sp³-hybridized carbons (Fsp3) is 0.400. The standard InChI is InChI=1S/C25H28Cl2N2O8S4/c1-2-15(7-24-28(11-18(30)13-40(32,33)34)20-9-16(26)3-5-22(20)38-24)8-25-29(12-19(31)14-41(35,36)37)21-10-17(27)4-6-23(21)39-25/h3-9,17-19,30-31H,2,10-14H2,1H3,(H-,32,33,34,35,36,37)/p+1. The van der Waals surface area contributed by atoms with E-state index in [1.54, 1.807) is 17.0 Å². The van der Waals surface area contributed by atoms with E-state index in [1.165, 1.54) is 23.1 Å². The van der Waals surface area contributed by atoms with E-state index >= 15 is 0 Å². The Hall–Kier alpha value is -1.46. The zero-order valence-electron chi connectivity index (χ0n) is 21.7. The van der Waals surface area contributed by atoms with Gasteiger partial charge in [0.2, 0.25) is 5.69 Å². The van der Waals surface area contributed by atoms with Crippen LogP contribution in [0, 0.1) is 0 Å². The topological polar surface area (TPSA) is 156 Å². The number of alkyl halides is 1.